The summed E-state index contributed by atoms with van der Waals surface area (Å²) in [5.74, 6) is 0.273. The molecule has 3 rings (SSSR count). The number of hydrogen-bond acceptors (Lipinski definition) is 2. The standard InChI is InChI=1S/C22H19N3/c1-2-17-8-10-18(11-9-17)19-12-14-20(15-13-19)22(24)25(16-23)21-6-4-3-5-7-21/h2-16,23-24H,1H2. The first-order valence-corrected chi connectivity index (χ1v) is 7.99. The number of para-hydroxylation sites is 1. The van der Waals surface area contributed by atoms with Gasteiger partial charge in [0.2, 0.25) is 0 Å². The minimum atomic E-state index is 0.273. The topological polar surface area (TPSA) is 50.9 Å². The van der Waals surface area contributed by atoms with Crippen LogP contribution in [0.5, 0.6) is 0 Å². The zero-order chi connectivity index (χ0) is 17.6. The largest absolute Gasteiger partial charge is 0.291 e. The van der Waals surface area contributed by atoms with E-state index in [1.165, 1.54) is 6.34 Å². The Hall–Kier alpha value is -3.46. The van der Waals surface area contributed by atoms with E-state index in [4.69, 9.17) is 10.8 Å². The van der Waals surface area contributed by atoms with Gasteiger partial charge in [0.05, 0.1) is 6.34 Å². The molecule has 0 saturated carbocycles. The third-order valence-electron chi connectivity index (χ3n) is 4.04. The van der Waals surface area contributed by atoms with Crippen LogP contribution in [0.15, 0.2) is 85.4 Å². The van der Waals surface area contributed by atoms with Crippen LogP contribution >= 0.6 is 0 Å². The lowest BCUT2D eigenvalue weighted by atomic mass is 10.0. The van der Waals surface area contributed by atoms with Crippen LogP contribution in [0.25, 0.3) is 17.2 Å². The maximum atomic E-state index is 8.42. The predicted octanol–water partition coefficient (Wildman–Crippen LogP) is 5.44. The molecule has 0 heterocycles. The minimum Gasteiger partial charge on any atom is -0.291 e. The molecule has 2 N–H and O–H groups in total. The van der Waals surface area contributed by atoms with E-state index < -0.39 is 0 Å². The van der Waals surface area contributed by atoms with Gasteiger partial charge >= 0.3 is 0 Å². The second-order valence-corrected chi connectivity index (χ2v) is 5.59. The van der Waals surface area contributed by atoms with Crippen LogP contribution in [0.4, 0.5) is 5.69 Å². The molecule has 0 atom stereocenters. The lowest BCUT2D eigenvalue weighted by Gasteiger charge is -2.20. The molecular formula is C22H19N3. The highest BCUT2D eigenvalue weighted by atomic mass is 15.2. The summed E-state index contributed by atoms with van der Waals surface area (Å²) in [6.45, 7) is 3.77. The highest BCUT2D eigenvalue weighted by molar-refractivity contribution is 6.17. The van der Waals surface area contributed by atoms with Gasteiger partial charge in [0.1, 0.15) is 5.84 Å². The van der Waals surface area contributed by atoms with Gasteiger partial charge in [-0.3, -0.25) is 15.7 Å². The summed E-state index contributed by atoms with van der Waals surface area (Å²) < 4.78 is 0. The molecule has 0 bridgehead atoms. The van der Waals surface area contributed by atoms with Gasteiger partial charge in [0, 0.05) is 11.3 Å². The molecule has 0 aliphatic heterocycles. The zero-order valence-electron chi connectivity index (χ0n) is 13.8. The van der Waals surface area contributed by atoms with Gasteiger partial charge in [-0.05, 0) is 28.8 Å². The molecule has 0 amide bonds. The molecule has 0 spiro atoms. The third kappa shape index (κ3) is 3.56. The molecule has 0 fully saturated rings. The number of amidine groups is 1. The number of hydrogen-bond donors (Lipinski definition) is 2. The third-order valence-corrected chi connectivity index (χ3v) is 4.04. The summed E-state index contributed by atoms with van der Waals surface area (Å²) in [5, 5.41) is 16.1. The SMILES string of the molecule is C=Cc1ccc(-c2ccc(C(=N)N(C=N)c3ccccc3)cc2)cc1. The second-order valence-electron chi connectivity index (χ2n) is 5.59. The first-order valence-electron chi connectivity index (χ1n) is 7.99. The van der Waals surface area contributed by atoms with Crippen LogP contribution in [-0.4, -0.2) is 12.2 Å². The molecule has 3 aromatic rings. The number of nitrogens with one attached hydrogen (secondary N) is 2. The Bertz CT molecular complexity index is 879. The molecular weight excluding hydrogens is 306 g/mol. The lowest BCUT2D eigenvalue weighted by Crippen LogP contribution is -2.28. The molecule has 25 heavy (non-hydrogen) atoms. The van der Waals surface area contributed by atoms with Crippen molar-refractivity contribution in [1.29, 1.82) is 10.8 Å². The van der Waals surface area contributed by atoms with Crippen LogP contribution in [0.2, 0.25) is 0 Å². The fourth-order valence-corrected chi connectivity index (χ4v) is 2.63. The van der Waals surface area contributed by atoms with E-state index in [1.807, 2.05) is 72.8 Å². The summed E-state index contributed by atoms with van der Waals surface area (Å²) in [6, 6.07) is 25.5. The van der Waals surface area contributed by atoms with Crippen LogP contribution < -0.4 is 4.90 Å². The molecule has 0 aliphatic rings. The van der Waals surface area contributed by atoms with Crippen LogP contribution in [-0.2, 0) is 0 Å². The summed E-state index contributed by atoms with van der Waals surface area (Å²) >= 11 is 0. The average molecular weight is 325 g/mol. The van der Waals surface area contributed by atoms with Gasteiger partial charge in [-0.25, -0.2) is 0 Å². The monoisotopic (exact) mass is 325 g/mol. The Morgan fingerprint density at radius 1 is 0.800 bits per heavy atom. The van der Waals surface area contributed by atoms with Crippen molar-refractivity contribution < 1.29 is 0 Å². The fourth-order valence-electron chi connectivity index (χ4n) is 2.63. The van der Waals surface area contributed by atoms with Gasteiger partial charge in [-0.15, -0.1) is 0 Å². The zero-order valence-corrected chi connectivity index (χ0v) is 13.8. The normalized spacial score (nSPS) is 10.1. The van der Waals surface area contributed by atoms with E-state index in [0.717, 1.165) is 27.9 Å². The van der Waals surface area contributed by atoms with Crippen molar-refractivity contribution in [3.63, 3.8) is 0 Å². The summed E-state index contributed by atoms with van der Waals surface area (Å²) in [5.41, 5.74) is 4.86. The lowest BCUT2D eigenvalue weighted by molar-refractivity contribution is 1.33. The smallest absolute Gasteiger partial charge is 0.137 e. The molecule has 3 aromatic carbocycles. The van der Waals surface area contributed by atoms with Crippen molar-refractivity contribution in [3.05, 3.63) is 96.6 Å². The Balaban J connectivity index is 1.84. The Kier molecular flexibility index (Phi) is 4.86. The Labute approximate surface area is 147 Å². The number of anilines is 1. The summed E-state index contributed by atoms with van der Waals surface area (Å²) in [6.07, 6.45) is 2.99. The van der Waals surface area contributed by atoms with Gasteiger partial charge in [-0.1, -0.05) is 79.4 Å². The Morgan fingerprint density at radius 2 is 1.36 bits per heavy atom. The van der Waals surface area contributed by atoms with E-state index >= 15 is 0 Å². The van der Waals surface area contributed by atoms with Crippen LogP contribution in [0, 0.1) is 10.8 Å². The van der Waals surface area contributed by atoms with E-state index in [9.17, 15) is 0 Å². The highest BCUT2D eigenvalue weighted by Crippen LogP contribution is 2.22. The van der Waals surface area contributed by atoms with Crippen molar-refractivity contribution in [3.8, 4) is 11.1 Å². The Morgan fingerprint density at radius 3 is 1.88 bits per heavy atom. The van der Waals surface area contributed by atoms with Gasteiger partial charge in [0.15, 0.2) is 0 Å². The summed E-state index contributed by atoms with van der Waals surface area (Å²) in [7, 11) is 0. The summed E-state index contributed by atoms with van der Waals surface area (Å²) in [4.78, 5) is 1.55. The highest BCUT2D eigenvalue weighted by Gasteiger charge is 2.11. The molecule has 0 aliphatic carbocycles. The van der Waals surface area contributed by atoms with Crippen molar-refractivity contribution in [2.24, 2.45) is 0 Å². The molecule has 122 valence electrons. The van der Waals surface area contributed by atoms with Crippen molar-refractivity contribution >= 4 is 23.9 Å². The number of benzene rings is 3. The average Bonchev–Trinajstić information content (AvgIpc) is 2.69. The molecule has 3 heteroatoms. The number of rotatable bonds is 5. The van der Waals surface area contributed by atoms with Crippen LogP contribution in [0.1, 0.15) is 11.1 Å². The molecule has 0 saturated heterocycles. The van der Waals surface area contributed by atoms with Crippen molar-refractivity contribution in [2.45, 2.75) is 0 Å². The second kappa shape index (κ2) is 7.41. The maximum absolute atomic E-state index is 8.42. The van der Waals surface area contributed by atoms with Crippen molar-refractivity contribution in [1.82, 2.24) is 0 Å². The van der Waals surface area contributed by atoms with Gasteiger partial charge in [0.25, 0.3) is 0 Å². The first kappa shape index (κ1) is 16.4. The number of nitrogens with zero attached hydrogens (tertiary/aromatic N) is 1. The van der Waals surface area contributed by atoms with E-state index in [-0.39, 0.29) is 5.84 Å². The molecule has 0 unspecified atom stereocenters. The van der Waals surface area contributed by atoms with Crippen LogP contribution in [0.3, 0.4) is 0 Å². The van der Waals surface area contributed by atoms with Gasteiger partial charge < -0.3 is 0 Å². The predicted molar refractivity (Wildman–Crippen MR) is 107 cm³/mol. The maximum Gasteiger partial charge on any atom is 0.137 e. The van der Waals surface area contributed by atoms with Crippen molar-refractivity contribution in [2.75, 3.05) is 4.90 Å². The minimum absolute atomic E-state index is 0.273. The van der Waals surface area contributed by atoms with Gasteiger partial charge in [-0.2, -0.15) is 0 Å². The molecule has 0 aromatic heterocycles. The first-order chi connectivity index (χ1) is 12.2. The van der Waals surface area contributed by atoms with E-state index in [1.54, 1.807) is 4.90 Å². The molecule has 3 nitrogen and oxygen atoms in total. The molecule has 0 radical (unpaired) electrons. The fraction of sp³-hybridized carbons (Fsp3) is 0. The van der Waals surface area contributed by atoms with E-state index in [2.05, 4.69) is 18.7 Å². The quantitative estimate of drug-likeness (QED) is 0.476. The van der Waals surface area contributed by atoms with E-state index in [0.29, 0.717) is 0 Å².